The van der Waals surface area contributed by atoms with Crippen LogP contribution < -0.4 is 0 Å². The zero-order valence-electron chi connectivity index (χ0n) is 7.36. The Morgan fingerprint density at radius 3 is 2.36 bits per heavy atom. The average molecular weight is 150 g/mol. The summed E-state index contributed by atoms with van der Waals surface area (Å²) in [4.78, 5) is 0. The monoisotopic (exact) mass is 150 g/mol. The van der Waals surface area contributed by atoms with Crippen LogP contribution in [0.25, 0.3) is 0 Å². The Labute approximate surface area is 69.7 Å². The summed E-state index contributed by atoms with van der Waals surface area (Å²) in [5.74, 6) is 0. The van der Waals surface area contributed by atoms with E-state index in [0.29, 0.717) is 0 Å². The third-order valence-corrected chi connectivity index (χ3v) is 3.53. The molecule has 2 saturated carbocycles. The zero-order chi connectivity index (χ0) is 7.73. The summed E-state index contributed by atoms with van der Waals surface area (Å²) >= 11 is 0. The largest absolute Gasteiger partial charge is 0.0998 e. The van der Waals surface area contributed by atoms with Crippen LogP contribution in [0.2, 0.25) is 0 Å². The van der Waals surface area contributed by atoms with Crippen LogP contribution in [0.4, 0.5) is 0 Å². The minimum absolute atomic E-state index is 0.758. The molecule has 2 fully saturated rings. The molecule has 62 valence electrons. The van der Waals surface area contributed by atoms with Crippen LogP contribution in [0.1, 0.15) is 51.4 Å². The molecule has 0 amide bonds. The van der Waals surface area contributed by atoms with E-state index in [1.807, 2.05) is 0 Å². The molecule has 0 aromatic carbocycles. The lowest BCUT2D eigenvalue weighted by Crippen LogP contribution is -2.28. The second-order valence-corrected chi connectivity index (χ2v) is 4.49. The van der Waals surface area contributed by atoms with Gasteiger partial charge < -0.3 is 0 Å². The Kier molecular flexibility index (Phi) is 1.78. The molecule has 2 aliphatic carbocycles. The van der Waals surface area contributed by atoms with Crippen LogP contribution in [0, 0.1) is 5.41 Å². The number of rotatable bonds is 0. The maximum atomic E-state index is 4.15. The highest BCUT2D eigenvalue weighted by Gasteiger charge is 2.37. The zero-order valence-corrected chi connectivity index (χ0v) is 7.36. The van der Waals surface area contributed by atoms with Gasteiger partial charge >= 0.3 is 0 Å². The number of allylic oxidation sites excluding steroid dienone is 1. The predicted molar refractivity (Wildman–Crippen MR) is 48.5 cm³/mol. The molecule has 0 radical (unpaired) electrons. The number of hydrogen-bond donors (Lipinski definition) is 0. The second kappa shape index (κ2) is 2.66. The van der Waals surface area contributed by atoms with Crippen LogP contribution in [0.3, 0.4) is 0 Å². The lowest BCUT2D eigenvalue weighted by Gasteiger charge is -2.41. The van der Waals surface area contributed by atoms with Crippen molar-refractivity contribution >= 4 is 0 Å². The van der Waals surface area contributed by atoms with Gasteiger partial charge in [-0.1, -0.05) is 25.0 Å². The Bertz CT molecular complexity index is 163. The quantitative estimate of drug-likeness (QED) is 0.462. The highest BCUT2D eigenvalue weighted by molar-refractivity contribution is 5.05. The first-order chi connectivity index (χ1) is 5.31. The average Bonchev–Trinajstić information content (AvgIpc) is 2.09. The summed E-state index contributed by atoms with van der Waals surface area (Å²) in [5.41, 5.74) is 2.29. The molecule has 0 saturated heterocycles. The lowest BCUT2D eigenvalue weighted by atomic mass is 9.64. The summed E-state index contributed by atoms with van der Waals surface area (Å²) in [7, 11) is 0. The van der Waals surface area contributed by atoms with Crippen molar-refractivity contribution in [1.82, 2.24) is 0 Å². The normalized spacial score (nSPS) is 29.6. The summed E-state index contributed by atoms with van der Waals surface area (Å²) in [5, 5.41) is 0. The van der Waals surface area contributed by atoms with Crippen LogP contribution in [-0.2, 0) is 0 Å². The molecule has 0 aromatic rings. The molecule has 0 aliphatic heterocycles. The van der Waals surface area contributed by atoms with E-state index in [1.165, 1.54) is 56.9 Å². The molecule has 1 spiro atoms. The van der Waals surface area contributed by atoms with Gasteiger partial charge in [-0.25, -0.2) is 0 Å². The third-order valence-electron chi connectivity index (χ3n) is 3.53. The predicted octanol–water partition coefficient (Wildman–Crippen LogP) is 3.68. The molecule has 0 nitrogen and oxygen atoms in total. The summed E-state index contributed by atoms with van der Waals surface area (Å²) < 4.78 is 0. The van der Waals surface area contributed by atoms with E-state index in [2.05, 4.69) is 6.58 Å². The highest BCUT2D eigenvalue weighted by Crippen LogP contribution is 2.51. The van der Waals surface area contributed by atoms with E-state index in [1.54, 1.807) is 0 Å². The Hall–Kier alpha value is -0.260. The van der Waals surface area contributed by atoms with Crippen molar-refractivity contribution in [3.8, 4) is 0 Å². The lowest BCUT2D eigenvalue weighted by molar-refractivity contribution is 0.122. The fourth-order valence-electron chi connectivity index (χ4n) is 2.69. The number of hydrogen-bond acceptors (Lipinski definition) is 0. The Balaban J connectivity index is 2.03. The molecule has 11 heavy (non-hydrogen) atoms. The Morgan fingerprint density at radius 1 is 1.00 bits per heavy atom. The molecule has 0 unspecified atom stereocenters. The van der Waals surface area contributed by atoms with Gasteiger partial charge in [0.2, 0.25) is 0 Å². The van der Waals surface area contributed by atoms with Crippen LogP contribution in [0.5, 0.6) is 0 Å². The fourth-order valence-corrected chi connectivity index (χ4v) is 2.69. The smallest absolute Gasteiger partial charge is 0.0260 e. The van der Waals surface area contributed by atoms with Crippen molar-refractivity contribution in [3.63, 3.8) is 0 Å². The van der Waals surface area contributed by atoms with E-state index in [4.69, 9.17) is 0 Å². The van der Waals surface area contributed by atoms with Gasteiger partial charge in [-0.05, 0) is 43.9 Å². The Morgan fingerprint density at radius 2 is 1.73 bits per heavy atom. The molecule has 0 bridgehead atoms. The molecule has 0 N–H and O–H groups in total. The molecule has 0 heteroatoms. The minimum atomic E-state index is 0.758. The minimum Gasteiger partial charge on any atom is -0.0998 e. The SMILES string of the molecule is C=C1CCCCC2(CCC2)C1. The van der Waals surface area contributed by atoms with Crippen molar-refractivity contribution in [2.45, 2.75) is 51.4 Å². The highest BCUT2D eigenvalue weighted by atomic mass is 14.4. The molecule has 2 rings (SSSR count). The topological polar surface area (TPSA) is 0 Å². The van der Waals surface area contributed by atoms with Crippen molar-refractivity contribution in [1.29, 1.82) is 0 Å². The van der Waals surface area contributed by atoms with E-state index < -0.39 is 0 Å². The van der Waals surface area contributed by atoms with Crippen molar-refractivity contribution < 1.29 is 0 Å². The summed E-state index contributed by atoms with van der Waals surface area (Å²) in [6.45, 7) is 4.15. The molecule has 0 atom stereocenters. The van der Waals surface area contributed by atoms with Gasteiger partial charge in [-0.3, -0.25) is 0 Å². The standard InChI is InChI=1S/C11H18/c1-10-5-2-3-6-11(9-10)7-4-8-11/h1-9H2. The first-order valence-corrected chi connectivity index (χ1v) is 4.97. The van der Waals surface area contributed by atoms with E-state index >= 15 is 0 Å². The molecule has 0 heterocycles. The van der Waals surface area contributed by atoms with Gasteiger partial charge in [0.15, 0.2) is 0 Å². The third kappa shape index (κ3) is 1.36. The van der Waals surface area contributed by atoms with Gasteiger partial charge in [-0.2, -0.15) is 0 Å². The van der Waals surface area contributed by atoms with Gasteiger partial charge in [0.05, 0.1) is 0 Å². The summed E-state index contributed by atoms with van der Waals surface area (Å²) in [6, 6.07) is 0. The fraction of sp³-hybridized carbons (Fsp3) is 0.818. The van der Waals surface area contributed by atoms with Crippen LogP contribution in [-0.4, -0.2) is 0 Å². The van der Waals surface area contributed by atoms with E-state index in [9.17, 15) is 0 Å². The van der Waals surface area contributed by atoms with E-state index in [-0.39, 0.29) is 0 Å². The molecular formula is C11H18. The van der Waals surface area contributed by atoms with Gasteiger partial charge in [0, 0.05) is 0 Å². The molecule has 0 aromatic heterocycles. The molecular weight excluding hydrogens is 132 g/mol. The van der Waals surface area contributed by atoms with Crippen LogP contribution >= 0.6 is 0 Å². The van der Waals surface area contributed by atoms with Crippen molar-refractivity contribution in [3.05, 3.63) is 12.2 Å². The van der Waals surface area contributed by atoms with Crippen molar-refractivity contribution in [2.24, 2.45) is 5.41 Å². The first-order valence-electron chi connectivity index (χ1n) is 4.97. The van der Waals surface area contributed by atoms with Gasteiger partial charge in [0.1, 0.15) is 0 Å². The van der Waals surface area contributed by atoms with Gasteiger partial charge in [-0.15, -0.1) is 0 Å². The second-order valence-electron chi connectivity index (χ2n) is 4.49. The maximum absolute atomic E-state index is 4.15. The maximum Gasteiger partial charge on any atom is -0.0260 e. The van der Waals surface area contributed by atoms with E-state index in [0.717, 1.165) is 5.41 Å². The molecule has 2 aliphatic rings. The first kappa shape index (κ1) is 7.39. The van der Waals surface area contributed by atoms with Gasteiger partial charge in [0.25, 0.3) is 0 Å². The van der Waals surface area contributed by atoms with Crippen LogP contribution in [0.15, 0.2) is 12.2 Å². The van der Waals surface area contributed by atoms with Crippen molar-refractivity contribution in [2.75, 3.05) is 0 Å². The summed E-state index contributed by atoms with van der Waals surface area (Å²) in [6.07, 6.45) is 11.5.